The fraction of sp³-hybridized carbons (Fsp3) is 0.750. The molecular weight excluding hydrogens is 344 g/mol. The highest BCUT2D eigenvalue weighted by Gasteiger charge is 2.34. The summed E-state index contributed by atoms with van der Waals surface area (Å²) >= 11 is 2.79. The largest absolute Gasteiger partial charge is 0.352 e. The summed E-state index contributed by atoms with van der Waals surface area (Å²) in [7, 11) is 0. The Morgan fingerprint density at radius 3 is 2.67 bits per heavy atom. The number of nitrogens with one attached hydrogen (secondary N) is 1. The molecule has 2 aliphatic rings. The van der Waals surface area contributed by atoms with E-state index in [0.29, 0.717) is 22.8 Å². The van der Waals surface area contributed by atoms with Crippen molar-refractivity contribution in [2.75, 3.05) is 10.7 Å². The molecule has 6 nitrogen and oxygen atoms in total. The van der Waals surface area contributed by atoms with E-state index in [2.05, 4.69) is 22.4 Å². The Kier molecular flexibility index (Phi) is 5.76. The van der Waals surface area contributed by atoms with Gasteiger partial charge in [0.2, 0.25) is 16.9 Å². The third kappa shape index (κ3) is 4.47. The highest BCUT2D eigenvalue weighted by molar-refractivity contribution is 8.01. The Bertz CT molecular complexity index is 603. The molecule has 1 aromatic heterocycles. The topological polar surface area (TPSA) is 75.2 Å². The Hall–Kier alpha value is -1.15. The molecule has 0 bridgehead atoms. The van der Waals surface area contributed by atoms with E-state index in [1.165, 1.54) is 42.4 Å². The first-order valence-corrected chi connectivity index (χ1v) is 10.4. The number of amides is 2. The van der Waals surface area contributed by atoms with E-state index in [-0.39, 0.29) is 17.9 Å². The molecule has 0 spiro atoms. The molecule has 0 saturated heterocycles. The van der Waals surface area contributed by atoms with Crippen LogP contribution in [0, 0.1) is 5.92 Å². The van der Waals surface area contributed by atoms with Crippen LogP contribution in [0.25, 0.3) is 0 Å². The summed E-state index contributed by atoms with van der Waals surface area (Å²) in [5.41, 5.74) is 0. The van der Waals surface area contributed by atoms with Crippen molar-refractivity contribution in [3.8, 4) is 0 Å². The van der Waals surface area contributed by atoms with E-state index >= 15 is 0 Å². The van der Waals surface area contributed by atoms with Gasteiger partial charge in [-0.05, 0) is 31.6 Å². The number of nitrogens with zero attached hydrogens (tertiary/aromatic N) is 3. The number of hydrogen-bond acceptors (Lipinski definition) is 6. The maximum Gasteiger partial charge on any atom is 0.230 e. The molecule has 132 valence electrons. The van der Waals surface area contributed by atoms with Gasteiger partial charge in [-0.2, -0.15) is 0 Å². The molecule has 2 unspecified atom stereocenters. The third-order valence-corrected chi connectivity index (χ3v) is 6.69. The monoisotopic (exact) mass is 368 g/mol. The quantitative estimate of drug-likeness (QED) is 0.617. The van der Waals surface area contributed by atoms with Gasteiger partial charge >= 0.3 is 0 Å². The van der Waals surface area contributed by atoms with Gasteiger partial charge in [-0.3, -0.25) is 14.5 Å². The molecule has 0 aromatic carbocycles. The fourth-order valence-electron chi connectivity index (χ4n) is 3.15. The van der Waals surface area contributed by atoms with Crippen LogP contribution >= 0.6 is 23.1 Å². The lowest BCUT2D eigenvalue weighted by molar-refractivity contribution is -0.120. The van der Waals surface area contributed by atoms with Crippen molar-refractivity contribution >= 4 is 40.0 Å². The number of thioether (sulfide) groups is 1. The zero-order valence-corrected chi connectivity index (χ0v) is 15.8. The lowest BCUT2D eigenvalue weighted by atomic mass is 9.86. The molecular formula is C16H24N4O2S2. The van der Waals surface area contributed by atoms with Crippen LogP contribution in [0.3, 0.4) is 0 Å². The average molecular weight is 369 g/mol. The summed E-state index contributed by atoms with van der Waals surface area (Å²) in [4.78, 5) is 25.6. The summed E-state index contributed by atoms with van der Waals surface area (Å²) in [6.45, 7) is 3.77. The van der Waals surface area contributed by atoms with Gasteiger partial charge in [0.05, 0.1) is 5.75 Å². The molecule has 0 radical (unpaired) electrons. The lowest BCUT2D eigenvalue weighted by Crippen LogP contribution is -2.41. The number of aromatic nitrogens is 2. The van der Waals surface area contributed by atoms with Crippen molar-refractivity contribution in [2.24, 2.45) is 5.92 Å². The molecule has 2 saturated carbocycles. The van der Waals surface area contributed by atoms with Gasteiger partial charge < -0.3 is 5.32 Å². The first kappa shape index (κ1) is 17.7. The predicted octanol–water partition coefficient (Wildman–Crippen LogP) is 2.84. The van der Waals surface area contributed by atoms with Crippen LogP contribution in [0.15, 0.2) is 4.34 Å². The highest BCUT2D eigenvalue weighted by Crippen LogP contribution is 2.35. The molecule has 8 heteroatoms. The van der Waals surface area contributed by atoms with Crippen molar-refractivity contribution < 1.29 is 9.59 Å². The van der Waals surface area contributed by atoms with Crippen molar-refractivity contribution in [1.29, 1.82) is 0 Å². The van der Waals surface area contributed by atoms with Crippen molar-refractivity contribution in [1.82, 2.24) is 15.5 Å². The standard InChI is InChI=1S/C16H24N4O2S2/c1-10-5-3-4-6-13(10)17-14(22)9-23-16-19-18-15(24-16)20(11(2)21)12-7-8-12/h10,12-13H,3-9H2,1-2H3,(H,17,22). The number of carbonyl (C=O) groups excluding carboxylic acids is 2. The first-order valence-electron chi connectivity index (χ1n) is 8.60. The van der Waals surface area contributed by atoms with Gasteiger partial charge in [0, 0.05) is 19.0 Å². The maximum absolute atomic E-state index is 12.2. The van der Waals surface area contributed by atoms with Crippen LogP contribution in [0.2, 0.25) is 0 Å². The molecule has 1 heterocycles. The number of carbonyl (C=O) groups is 2. The highest BCUT2D eigenvalue weighted by atomic mass is 32.2. The van der Waals surface area contributed by atoms with E-state index in [9.17, 15) is 9.59 Å². The minimum absolute atomic E-state index is 0.00855. The average Bonchev–Trinajstić information content (AvgIpc) is 3.25. The Labute approximate surface area is 150 Å². The number of hydrogen-bond donors (Lipinski definition) is 1. The van der Waals surface area contributed by atoms with E-state index in [1.54, 1.807) is 11.8 Å². The fourth-order valence-corrected chi connectivity index (χ4v) is 4.91. The van der Waals surface area contributed by atoms with Crippen molar-refractivity contribution in [3.63, 3.8) is 0 Å². The second-order valence-corrected chi connectivity index (χ2v) is 8.87. The Balaban J connectivity index is 1.49. The second kappa shape index (κ2) is 7.82. The number of anilines is 1. The molecule has 1 N–H and O–H groups in total. The van der Waals surface area contributed by atoms with Crippen molar-refractivity contribution in [3.05, 3.63) is 0 Å². The van der Waals surface area contributed by atoms with Crippen LogP contribution in [-0.4, -0.2) is 39.8 Å². The van der Waals surface area contributed by atoms with Crippen LogP contribution in [0.5, 0.6) is 0 Å². The molecule has 3 rings (SSSR count). The van der Waals surface area contributed by atoms with E-state index in [0.717, 1.165) is 23.6 Å². The smallest absolute Gasteiger partial charge is 0.230 e. The minimum atomic E-state index is 0.00855. The predicted molar refractivity (Wildman–Crippen MR) is 96.4 cm³/mol. The SMILES string of the molecule is CC(=O)N(c1nnc(SCC(=O)NC2CCCCC2C)s1)C1CC1. The summed E-state index contributed by atoms with van der Waals surface area (Å²) in [5, 5.41) is 12.0. The van der Waals surface area contributed by atoms with E-state index in [1.807, 2.05) is 0 Å². The molecule has 2 fully saturated rings. The van der Waals surface area contributed by atoms with Gasteiger partial charge in [0.1, 0.15) is 0 Å². The van der Waals surface area contributed by atoms with Crippen LogP contribution < -0.4 is 10.2 Å². The molecule has 2 aliphatic carbocycles. The Morgan fingerprint density at radius 1 is 1.25 bits per heavy atom. The van der Waals surface area contributed by atoms with Gasteiger partial charge in [-0.15, -0.1) is 10.2 Å². The summed E-state index contributed by atoms with van der Waals surface area (Å²) < 4.78 is 0.740. The molecule has 2 atom stereocenters. The van der Waals surface area contributed by atoms with Gasteiger partial charge in [-0.25, -0.2) is 0 Å². The molecule has 2 amide bonds. The zero-order chi connectivity index (χ0) is 17.1. The zero-order valence-electron chi connectivity index (χ0n) is 14.2. The summed E-state index contributed by atoms with van der Waals surface area (Å²) in [6, 6.07) is 0.587. The van der Waals surface area contributed by atoms with Crippen molar-refractivity contribution in [2.45, 2.75) is 68.8 Å². The van der Waals surface area contributed by atoms with E-state index in [4.69, 9.17) is 0 Å². The van der Waals surface area contributed by atoms with Crippen LogP contribution in [0.1, 0.15) is 52.4 Å². The third-order valence-electron chi connectivity index (χ3n) is 4.64. The first-order chi connectivity index (χ1) is 11.5. The molecule has 1 aromatic rings. The lowest BCUT2D eigenvalue weighted by Gasteiger charge is -2.29. The Morgan fingerprint density at radius 2 is 2.00 bits per heavy atom. The molecule has 24 heavy (non-hydrogen) atoms. The normalized spacial score (nSPS) is 23.8. The van der Waals surface area contributed by atoms with Crippen LogP contribution in [-0.2, 0) is 9.59 Å². The van der Waals surface area contributed by atoms with Gasteiger partial charge in [0.25, 0.3) is 0 Å². The van der Waals surface area contributed by atoms with Crippen LogP contribution in [0.4, 0.5) is 5.13 Å². The number of rotatable bonds is 6. The second-order valence-electron chi connectivity index (χ2n) is 6.70. The van der Waals surface area contributed by atoms with Gasteiger partial charge in [-0.1, -0.05) is 42.9 Å². The summed E-state index contributed by atoms with van der Waals surface area (Å²) in [6.07, 6.45) is 6.80. The molecule has 0 aliphatic heterocycles. The minimum Gasteiger partial charge on any atom is -0.352 e. The summed E-state index contributed by atoms with van der Waals surface area (Å²) in [5.74, 6) is 0.972. The van der Waals surface area contributed by atoms with Gasteiger partial charge in [0.15, 0.2) is 4.34 Å². The maximum atomic E-state index is 12.2. The van der Waals surface area contributed by atoms with E-state index < -0.39 is 0 Å².